The van der Waals surface area contributed by atoms with Gasteiger partial charge in [0.2, 0.25) is 0 Å². The van der Waals surface area contributed by atoms with Crippen LogP contribution in [0.3, 0.4) is 0 Å². The predicted molar refractivity (Wildman–Crippen MR) is 147 cm³/mol. The molecular formula is C23H27N10O5S2+. The van der Waals surface area contributed by atoms with Crippen molar-refractivity contribution >= 4 is 63.2 Å². The monoisotopic (exact) mass is 587 g/mol. The zero-order chi connectivity index (χ0) is 28.4. The summed E-state index contributed by atoms with van der Waals surface area (Å²) in [5, 5.41) is 25.4. The summed E-state index contributed by atoms with van der Waals surface area (Å²) in [5.41, 5.74) is 12.5. The van der Waals surface area contributed by atoms with Crippen molar-refractivity contribution in [2.45, 2.75) is 24.9 Å². The van der Waals surface area contributed by atoms with E-state index in [-0.39, 0.29) is 35.4 Å². The van der Waals surface area contributed by atoms with Crippen LogP contribution in [-0.4, -0.2) is 85.0 Å². The standard InChI is InChI=1S/C23H26N10O5S2/c1-2-38-30-16(13-11-40-23(25)27-13)19(34)28-17-20(35)33-18(22(36)37)12(10-39-21(17)33)9-31-7-8-32-15(31)4-3-14(29-32)26-6-5-24/h3-4,7-8,11,17,21H,2,5-6,9-10,24H2,1H3,(H4-,25,26,27,28,29,34,36,37)/p+1/b30-16-/t17-,21-/m1/s1. The highest BCUT2D eigenvalue weighted by Gasteiger charge is 2.54. The number of nitrogen functional groups attached to an aromatic ring is 1. The van der Waals surface area contributed by atoms with Crippen LogP contribution in [0.15, 0.2) is 46.3 Å². The highest BCUT2D eigenvalue weighted by Crippen LogP contribution is 2.40. The number of nitrogens with one attached hydrogen (secondary N) is 2. The number of oxime groups is 1. The fourth-order valence-corrected chi connectivity index (χ4v) is 6.25. The summed E-state index contributed by atoms with van der Waals surface area (Å²) in [6, 6.07) is 2.74. The van der Waals surface area contributed by atoms with Crippen LogP contribution in [0.25, 0.3) is 5.65 Å². The fourth-order valence-electron chi connectivity index (χ4n) is 4.37. The number of carbonyl (C=O) groups excluding carboxylic acids is 2. The van der Waals surface area contributed by atoms with E-state index in [1.165, 1.54) is 16.7 Å². The van der Waals surface area contributed by atoms with Gasteiger partial charge < -0.3 is 32.0 Å². The van der Waals surface area contributed by atoms with Crippen molar-refractivity contribution in [3.8, 4) is 0 Å². The molecule has 0 bridgehead atoms. The van der Waals surface area contributed by atoms with Gasteiger partial charge in [0, 0.05) is 35.9 Å². The average Bonchev–Trinajstić information content (AvgIpc) is 3.55. The number of fused-ring (bicyclic) bond motifs is 2. The van der Waals surface area contributed by atoms with Gasteiger partial charge in [0.05, 0.1) is 0 Å². The third-order valence-electron chi connectivity index (χ3n) is 6.14. The third-order valence-corrected chi connectivity index (χ3v) is 8.15. The Morgan fingerprint density at radius 3 is 2.90 bits per heavy atom. The number of hydrogen-bond acceptors (Lipinski definition) is 12. The zero-order valence-electron chi connectivity index (χ0n) is 21.3. The number of anilines is 2. The summed E-state index contributed by atoms with van der Waals surface area (Å²) in [6.45, 7) is 3.23. The number of aliphatic carboxylic acids is 1. The maximum atomic E-state index is 13.2. The molecule has 3 aromatic rings. The van der Waals surface area contributed by atoms with Crippen molar-refractivity contribution in [1.29, 1.82) is 0 Å². The number of amides is 2. The number of nitrogens with two attached hydrogens (primary N) is 2. The Balaban J connectivity index is 1.34. The second kappa shape index (κ2) is 11.5. The van der Waals surface area contributed by atoms with Crippen molar-refractivity contribution in [3.05, 3.63) is 46.9 Å². The molecule has 2 atom stereocenters. The zero-order valence-corrected chi connectivity index (χ0v) is 22.9. The molecule has 210 valence electrons. The lowest BCUT2D eigenvalue weighted by Gasteiger charge is -2.49. The molecular weight excluding hydrogens is 560 g/mol. The minimum Gasteiger partial charge on any atom is -0.477 e. The van der Waals surface area contributed by atoms with Gasteiger partial charge in [-0.05, 0) is 13.0 Å². The van der Waals surface area contributed by atoms with Crippen molar-refractivity contribution in [1.82, 2.24) is 24.8 Å². The largest absolute Gasteiger partial charge is 0.477 e. The van der Waals surface area contributed by atoms with Crippen LogP contribution in [0, 0.1) is 0 Å². The number of carboxylic acid groups (broad SMARTS) is 1. The van der Waals surface area contributed by atoms with Crippen molar-refractivity contribution in [3.63, 3.8) is 0 Å². The summed E-state index contributed by atoms with van der Waals surface area (Å²) >= 11 is 2.51. The molecule has 17 heteroatoms. The van der Waals surface area contributed by atoms with Gasteiger partial charge in [-0.15, -0.1) is 23.1 Å². The SMILES string of the molecule is CCO/N=C(\C(=O)N[C@@H]1C(=O)N2C(C(=O)O)=C(C[n+]3ccn4nc(NCCN)ccc43)CS[C@H]12)c1csc(N)n1. The molecule has 5 heterocycles. The molecule has 3 aromatic heterocycles. The molecule has 0 radical (unpaired) electrons. The van der Waals surface area contributed by atoms with E-state index in [4.69, 9.17) is 16.3 Å². The molecule has 1 saturated heterocycles. The lowest BCUT2D eigenvalue weighted by Crippen LogP contribution is -2.71. The van der Waals surface area contributed by atoms with E-state index in [9.17, 15) is 19.5 Å². The van der Waals surface area contributed by atoms with Crippen LogP contribution >= 0.6 is 23.1 Å². The van der Waals surface area contributed by atoms with E-state index in [0.717, 1.165) is 17.0 Å². The second-order valence-corrected chi connectivity index (χ2v) is 10.7. The summed E-state index contributed by atoms with van der Waals surface area (Å²) < 4.78 is 3.54. The molecule has 15 nitrogen and oxygen atoms in total. The first kappa shape index (κ1) is 27.4. The normalized spacial score (nSPS) is 18.9. The van der Waals surface area contributed by atoms with Crippen LogP contribution in [0.4, 0.5) is 10.9 Å². The highest BCUT2D eigenvalue weighted by molar-refractivity contribution is 8.00. The number of hydrogen-bond donors (Lipinski definition) is 5. The van der Waals surface area contributed by atoms with E-state index in [1.54, 1.807) is 29.2 Å². The summed E-state index contributed by atoms with van der Waals surface area (Å²) in [5.74, 6) is -1.41. The van der Waals surface area contributed by atoms with Crippen molar-refractivity contribution < 1.29 is 28.9 Å². The van der Waals surface area contributed by atoms with Gasteiger partial charge in [0.25, 0.3) is 11.8 Å². The molecule has 1 fully saturated rings. The molecule has 40 heavy (non-hydrogen) atoms. The number of nitrogens with zero attached hydrogens (tertiary/aromatic N) is 6. The highest BCUT2D eigenvalue weighted by atomic mass is 32.2. The number of thioether (sulfide) groups is 1. The van der Waals surface area contributed by atoms with E-state index < -0.39 is 29.2 Å². The number of β-lactam (4-membered cyclic amide) rings is 1. The van der Waals surface area contributed by atoms with Gasteiger partial charge in [-0.3, -0.25) is 14.5 Å². The van der Waals surface area contributed by atoms with E-state index in [0.29, 0.717) is 30.2 Å². The first-order chi connectivity index (χ1) is 19.3. The van der Waals surface area contributed by atoms with E-state index in [1.807, 2.05) is 16.7 Å². The Bertz CT molecular complexity index is 1530. The molecule has 0 aliphatic carbocycles. The van der Waals surface area contributed by atoms with Crippen LogP contribution in [-0.2, 0) is 25.8 Å². The Hall–Kier alpha value is -4.22. The van der Waals surface area contributed by atoms with E-state index in [2.05, 4.69) is 25.9 Å². The Morgan fingerprint density at radius 1 is 1.38 bits per heavy atom. The minimum atomic E-state index is -1.22. The van der Waals surface area contributed by atoms with Gasteiger partial charge in [0.15, 0.2) is 22.9 Å². The quantitative estimate of drug-likeness (QED) is 0.0813. The van der Waals surface area contributed by atoms with Crippen LogP contribution in [0.1, 0.15) is 12.6 Å². The molecule has 5 rings (SSSR count). The Morgan fingerprint density at radius 2 is 2.20 bits per heavy atom. The summed E-state index contributed by atoms with van der Waals surface area (Å²) in [6.07, 6.45) is 3.56. The number of carbonyl (C=O) groups is 3. The molecule has 0 spiro atoms. The second-order valence-electron chi connectivity index (χ2n) is 8.71. The maximum Gasteiger partial charge on any atom is 0.352 e. The first-order valence-corrected chi connectivity index (χ1v) is 14.2. The Labute approximate surface area is 235 Å². The number of imidazole rings is 1. The van der Waals surface area contributed by atoms with Gasteiger partial charge in [-0.25, -0.2) is 14.3 Å². The van der Waals surface area contributed by atoms with Crippen LogP contribution in [0.2, 0.25) is 0 Å². The van der Waals surface area contributed by atoms with Crippen LogP contribution < -0.4 is 26.7 Å². The molecule has 0 saturated carbocycles. The number of aromatic nitrogens is 4. The van der Waals surface area contributed by atoms with E-state index >= 15 is 0 Å². The van der Waals surface area contributed by atoms with Gasteiger partial charge in [-0.1, -0.05) is 14.8 Å². The van der Waals surface area contributed by atoms with Crippen molar-refractivity contribution in [2.24, 2.45) is 10.9 Å². The third kappa shape index (κ3) is 5.17. The molecule has 2 aliphatic heterocycles. The smallest absolute Gasteiger partial charge is 0.352 e. The molecule has 7 N–H and O–H groups in total. The molecule has 0 aromatic carbocycles. The van der Waals surface area contributed by atoms with Crippen molar-refractivity contribution in [2.75, 3.05) is 36.5 Å². The molecule has 2 aliphatic rings. The van der Waals surface area contributed by atoms with Crippen LogP contribution in [0.5, 0.6) is 0 Å². The number of thiazole rings is 1. The Kier molecular flexibility index (Phi) is 7.85. The lowest BCUT2D eigenvalue weighted by atomic mass is 10.0. The summed E-state index contributed by atoms with van der Waals surface area (Å²) in [7, 11) is 0. The number of rotatable bonds is 11. The topological polar surface area (TPSA) is 206 Å². The molecule has 2 amide bonds. The number of carboxylic acids is 1. The summed E-state index contributed by atoms with van der Waals surface area (Å²) in [4.78, 5) is 48.9. The van der Waals surface area contributed by atoms with Gasteiger partial charge in [0.1, 0.15) is 42.2 Å². The van der Waals surface area contributed by atoms with Gasteiger partial charge in [-0.2, -0.15) is 0 Å². The fraction of sp³-hybridized carbons (Fsp3) is 0.348. The molecule has 0 unspecified atom stereocenters. The predicted octanol–water partition coefficient (Wildman–Crippen LogP) is -0.789. The maximum absolute atomic E-state index is 13.2. The first-order valence-electron chi connectivity index (χ1n) is 12.3. The lowest BCUT2D eigenvalue weighted by molar-refractivity contribution is -0.662. The average molecular weight is 588 g/mol. The minimum absolute atomic E-state index is 0.0872. The van der Waals surface area contributed by atoms with Gasteiger partial charge >= 0.3 is 11.6 Å².